The largest absolute Gasteiger partial charge is 0.343 e. The molecule has 0 bridgehead atoms. The Labute approximate surface area is 196 Å². The van der Waals surface area contributed by atoms with Crippen LogP contribution >= 0.6 is 22.9 Å². The minimum absolute atomic E-state index is 0.0326. The van der Waals surface area contributed by atoms with E-state index in [9.17, 15) is 0 Å². The molecule has 2 aromatic heterocycles. The highest BCUT2D eigenvalue weighted by molar-refractivity contribution is 7.16. The quantitative estimate of drug-likeness (QED) is 0.305. The van der Waals surface area contributed by atoms with Crippen LogP contribution < -0.4 is 0 Å². The average Bonchev–Trinajstić information content (AvgIpc) is 3.28. The minimum Gasteiger partial charge on any atom is -0.343 e. The normalized spacial score (nSPS) is 16.9. The van der Waals surface area contributed by atoms with E-state index in [1.807, 2.05) is 24.8 Å². The van der Waals surface area contributed by atoms with Crippen molar-refractivity contribution in [3.05, 3.63) is 88.2 Å². The lowest BCUT2D eigenvalue weighted by atomic mass is 9.98. The minimum atomic E-state index is 0.0326. The fraction of sp³-hybridized carbons (Fsp3) is 0.192. The van der Waals surface area contributed by atoms with E-state index >= 15 is 0 Å². The first-order chi connectivity index (χ1) is 15.5. The lowest BCUT2D eigenvalue weighted by Gasteiger charge is -2.38. The van der Waals surface area contributed by atoms with Crippen LogP contribution in [0.4, 0.5) is 0 Å². The van der Waals surface area contributed by atoms with E-state index < -0.39 is 0 Å². The summed E-state index contributed by atoms with van der Waals surface area (Å²) in [6.45, 7) is 6.36. The number of allylic oxidation sites excluding steroid dienone is 1. The molecule has 0 fully saturated rings. The maximum absolute atomic E-state index is 6.13. The molecule has 0 aliphatic carbocycles. The summed E-state index contributed by atoms with van der Waals surface area (Å²) in [5.74, 6) is 0. The number of nitrogens with zero attached hydrogens (tertiary/aromatic N) is 4. The third-order valence-corrected chi connectivity index (χ3v) is 7.16. The summed E-state index contributed by atoms with van der Waals surface area (Å²) in [4.78, 5) is 15.8. The van der Waals surface area contributed by atoms with Gasteiger partial charge in [-0.05, 0) is 73.4 Å². The highest BCUT2D eigenvalue weighted by atomic mass is 35.5. The van der Waals surface area contributed by atoms with E-state index in [1.54, 1.807) is 11.3 Å². The Bertz CT molecular complexity index is 1360. The van der Waals surface area contributed by atoms with Gasteiger partial charge in [0.15, 0.2) is 0 Å². The molecule has 0 N–H and O–H groups in total. The lowest BCUT2D eigenvalue weighted by Crippen LogP contribution is -2.34. The zero-order chi connectivity index (χ0) is 22.2. The molecule has 1 aliphatic heterocycles. The maximum Gasteiger partial charge on any atom is 0.131 e. The molecule has 0 spiro atoms. The second-order valence-electron chi connectivity index (χ2n) is 8.06. The van der Waals surface area contributed by atoms with Crippen molar-refractivity contribution in [2.75, 3.05) is 0 Å². The Morgan fingerprint density at radius 2 is 1.91 bits per heavy atom. The van der Waals surface area contributed by atoms with E-state index in [-0.39, 0.29) is 12.2 Å². The molecule has 5 rings (SSSR count). The van der Waals surface area contributed by atoms with Gasteiger partial charge in [0.25, 0.3) is 0 Å². The Balaban J connectivity index is 1.51. The Hall–Kier alpha value is -3.02. The first kappa shape index (κ1) is 20.9. The van der Waals surface area contributed by atoms with Gasteiger partial charge in [0.1, 0.15) is 11.3 Å². The summed E-state index contributed by atoms with van der Waals surface area (Å²) in [5.41, 5.74) is 9.69. The van der Waals surface area contributed by atoms with Crippen molar-refractivity contribution in [3.63, 3.8) is 0 Å². The van der Waals surface area contributed by atoms with E-state index in [0.717, 1.165) is 22.2 Å². The van der Waals surface area contributed by atoms with Gasteiger partial charge in [-0.2, -0.15) is 0 Å². The highest BCUT2D eigenvalue weighted by Gasteiger charge is 2.26. The van der Waals surface area contributed by atoms with Crippen LogP contribution in [0.15, 0.2) is 71.3 Å². The summed E-state index contributed by atoms with van der Waals surface area (Å²) >= 11 is 7.80. The molecule has 2 aromatic carbocycles. The zero-order valence-corrected chi connectivity index (χ0v) is 19.7. The van der Waals surface area contributed by atoms with Crippen LogP contribution in [0.2, 0.25) is 5.15 Å². The molecule has 4 aromatic rings. The topological polar surface area (TPSA) is 41.4 Å². The van der Waals surface area contributed by atoms with E-state index in [4.69, 9.17) is 11.6 Å². The first-order valence-electron chi connectivity index (χ1n) is 10.6. The molecule has 3 heterocycles. The van der Waals surface area contributed by atoms with Crippen molar-refractivity contribution in [3.8, 4) is 11.1 Å². The molecule has 0 saturated heterocycles. The van der Waals surface area contributed by atoms with E-state index in [1.165, 1.54) is 21.5 Å². The molecule has 6 heteroatoms. The third kappa shape index (κ3) is 3.83. The second kappa shape index (κ2) is 8.49. The molecule has 1 aliphatic rings. The number of pyridine rings is 1. The Morgan fingerprint density at radius 3 is 2.75 bits per heavy atom. The van der Waals surface area contributed by atoms with Crippen molar-refractivity contribution in [2.45, 2.75) is 33.0 Å². The van der Waals surface area contributed by atoms with Gasteiger partial charge in [0.2, 0.25) is 0 Å². The number of rotatable bonds is 4. The zero-order valence-electron chi connectivity index (χ0n) is 18.2. The van der Waals surface area contributed by atoms with E-state index in [2.05, 4.69) is 88.3 Å². The van der Waals surface area contributed by atoms with Gasteiger partial charge in [0.05, 0.1) is 21.8 Å². The lowest BCUT2D eigenvalue weighted by molar-refractivity contribution is 0.252. The number of aromatic nitrogens is 2. The summed E-state index contributed by atoms with van der Waals surface area (Å²) < 4.78 is 1.19. The van der Waals surface area contributed by atoms with Gasteiger partial charge in [-0.15, -0.1) is 11.3 Å². The van der Waals surface area contributed by atoms with Gasteiger partial charge >= 0.3 is 0 Å². The second-order valence-corrected chi connectivity index (χ2v) is 9.30. The Morgan fingerprint density at radius 1 is 1.03 bits per heavy atom. The van der Waals surface area contributed by atoms with Gasteiger partial charge in [0, 0.05) is 23.7 Å². The van der Waals surface area contributed by atoms with E-state index in [0.29, 0.717) is 5.15 Å². The van der Waals surface area contributed by atoms with Crippen molar-refractivity contribution in [1.82, 2.24) is 14.9 Å². The molecular weight excluding hydrogens is 436 g/mol. The predicted octanol–water partition coefficient (Wildman–Crippen LogP) is 7.15. The molecule has 160 valence electrons. The number of fused-ring (bicyclic) bond motifs is 1. The van der Waals surface area contributed by atoms with Gasteiger partial charge < -0.3 is 4.90 Å². The Kier molecular flexibility index (Phi) is 5.53. The first-order valence-corrected chi connectivity index (χ1v) is 11.8. The molecule has 2 atom stereocenters. The van der Waals surface area contributed by atoms with Crippen LogP contribution in [0, 0.1) is 6.92 Å². The van der Waals surface area contributed by atoms with Crippen LogP contribution in [-0.2, 0) is 0 Å². The molecule has 0 saturated carbocycles. The highest BCUT2D eigenvalue weighted by Crippen LogP contribution is 2.36. The number of halogens is 1. The van der Waals surface area contributed by atoms with Crippen molar-refractivity contribution < 1.29 is 0 Å². The number of benzene rings is 2. The van der Waals surface area contributed by atoms with Crippen LogP contribution in [0.1, 0.15) is 36.6 Å². The predicted molar refractivity (Wildman–Crippen MR) is 135 cm³/mol. The molecule has 1 unspecified atom stereocenters. The molecule has 0 radical (unpaired) electrons. The van der Waals surface area contributed by atoms with Gasteiger partial charge in [-0.25, -0.2) is 9.97 Å². The van der Waals surface area contributed by atoms with Crippen LogP contribution in [0.25, 0.3) is 27.0 Å². The number of hydrogen-bond acceptors (Lipinski definition) is 5. The summed E-state index contributed by atoms with van der Waals surface area (Å²) in [5, 5.41) is 0.547. The number of aliphatic imine (C=N–C) groups is 1. The molecule has 0 amide bonds. The summed E-state index contributed by atoms with van der Waals surface area (Å²) in [7, 11) is 0. The van der Waals surface area contributed by atoms with Gasteiger partial charge in [-0.1, -0.05) is 35.9 Å². The maximum atomic E-state index is 6.13. The monoisotopic (exact) mass is 458 g/mol. The fourth-order valence-corrected chi connectivity index (χ4v) is 5.06. The molecule has 4 nitrogen and oxygen atoms in total. The third-order valence-electron chi connectivity index (χ3n) is 5.98. The SMILES string of the molecule is Cc1cc(-c2cccc([C@H](C)N3C(c4ccc5ncsc5c4)=CC=NC3C)c2)cnc1Cl. The van der Waals surface area contributed by atoms with Crippen molar-refractivity contribution >= 4 is 45.1 Å². The molecular formula is C26H23ClN4S. The summed E-state index contributed by atoms with van der Waals surface area (Å²) in [6.07, 6.45) is 5.89. The van der Waals surface area contributed by atoms with Crippen LogP contribution in [0.5, 0.6) is 0 Å². The van der Waals surface area contributed by atoms with Crippen molar-refractivity contribution in [2.24, 2.45) is 4.99 Å². The molecule has 32 heavy (non-hydrogen) atoms. The van der Waals surface area contributed by atoms with Crippen LogP contribution in [0.3, 0.4) is 0 Å². The summed E-state index contributed by atoms with van der Waals surface area (Å²) in [6, 6.07) is 17.3. The van der Waals surface area contributed by atoms with Gasteiger partial charge in [-0.3, -0.25) is 4.99 Å². The number of hydrogen-bond donors (Lipinski definition) is 0. The van der Waals surface area contributed by atoms with Crippen molar-refractivity contribution in [1.29, 1.82) is 0 Å². The standard InChI is InChI=1S/C26H23ClN4S/c1-16-11-22(14-29-26(16)27)20-6-4-5-19(12-20)17(2)31-18(3)28-10-9-24(31)21-7-8-23-25(13-21)32-15-30-23/h4-15,17-18H,1-3H3/t17-,18?/m0/s1. The number of aryl methyl sites for hydroxylation is 1. The fourth-order valence-electron chi connectivity index (χ4n) is 4.24. The average molecular weight is 459 g/mol. The number of thiazole rings is 1. The van der Waals surface area contributed by atoms with Crippen LogP contribution in [-0.4, -0.2) is 27.2 Å². The smallest absolute Gasteiger partial charge is 0.131 e.